The number of hydrogen-bond donors (Lipinski definition) is 0. The summed E-state index contributed by atoms with van der Waals surface area (Å²) in [6.45, 7) is -0.150. The van der Waals surface area contributed by atoms with Crippen molar-refractivity contribution in [1.29, 1.82) is 5.26 Å². The molecular weight excluding hydrogens is 166 g/mol. The highest BCUT2D eigenvalue weighted by atomic mass is 16.5. The molecule has 1 aliphatic carbocycles. The number of allylic oxidation sites excluding steroid dienone is 1. The summed E-state index contributed by atoms with van der Waals surface area (Å²) in [7, 11) is 0. The number of nitrogens with zero attached hydrogens (tertiary/aromatic N) is 1. The van der Waals surface area contributed by atoms with Crippen molar-refractivity contribution in [2.45, 2.75) is 32.1 Å². The molecule has 0 bridgehead atoms. The van der Waals surface area contributed by atoms with Gasteiger partial charge in [0.05, 0.1) is 0 Å². The van der Waals surface area contributed by atoms with Gasteiger partial charge in [0, 0.05) is 6.08 Å². The van der Waals surface area contributed by atoms with Gasteiger partial charge < -0.3 is 4.74 Å². The lowest BCUT2D eigenvalue weighted by Crippen LogP contribution is -2.03. The maximum absolute atomic E-state index is 11.0. The Morgan fingerprint density at radius 3 is 2.77 bits per heavy atom. The fraction of sp³-hybridized carbons (Fsp3) is 0.600. The third kappa shape index (κ3) is 3.75. The van der Waals surface area contributed by atoms with Gasteiger partial charge in [-0.25, -0.2) is 4.79 Å². The van der Waals surface area contributed by atoms with Crippen molar-refractivity contribution in [1.82, 2.24) is 0 Å². The Kier molecular flexibility index (Phi) is 4.04. The first-order valence-corrected chi connectivity index (χ1v) is 4.56. The fourth-order valence-corrected chi connectivity index (χ4v) is 1.46. The molecule has 0 unspecified atom stereocenters. The largest absolute Gasteiger partial charge is 0.447 e. The summed E-state index contributed by atoms with van der Waals surface area (Å²) in [6, 6.07) is 1.76. The molecule has 0 saturated heterocycles. The molecule has 70 valence electrons. The minimum atomic E-state index is -0.376. The molecular formula is C10H13NO2. The zero-order chi connectivity index (χ0) is 9.52. The molecule has 0 heterocycles. The maximum Gasteiger partial charge on any atom is 0.331 e. The van der Waals surface area contributed by atoms with Gasteiger partial charge in [0.1, 0.15) is 6.07 Å². The number of nitriles is 1. The zero-order valence-electron chi connectivity index (χ0n) is 7.58. The number of carbonyl (C=O) groups is 1. The van der Waals surface area contributed by atoms with E-state index in [0.717, 1.165) is 31.3 Å². The van der Waals surface area contributed by atoms with E-state index in [0.29, 0.717) is 0 Å². The van der Waals surface area contributed by atoms with Gasteiger partial charge in [-0.1, -0.05) is 12.0 Å². The van der Waals surface area contributed by atoms with Crippen LogP contribution in [-0.4, -0.2) is 12.6 Å². The van der Waals surface area contributed by atoms with E-state index in [1.165, 1.54) is 12.5 Å². The van der Waals surface area contributed by atoms with Gasteiger partial charge in [-0.15, -0.1) is 0 Å². The molecule has 0 amide bonds. The molecule has 0 aromatic heterocycles. The summed E-state index contributed by atoms with van der Waals surface area (Å²) in [5.41, 5.74) is 1.16. The molecule has 3 nitrogen and oxygen atoms in total. The van der Waals surface area contributed by atoms with Crippen LogP contribution in [0.15, 0.2) is 11.6 Å². The van der Waals surface area contributed by atoms with Crippen molar-refractivity contribution in [2.24, 2.45) is 0 Å². The first-order chi connectivity index (χ1) is 6.33. The summed E-state index contributed by atoms with van der Waals surface area (Å²) < 4.78 is 4.62. The Hall–Kier alpha value is -1.30. The van der Waals surface area contributed by atoms with Crippen molar-refractivity contribution in [3.8, 4) is 6.07 Å². The molecule has 0 aromatic carbocycles. The van der Waals surface area contributed by atoms with Crippen molar-refractivity contribution in [2.75, 3.05) is 6.61 Å². The highest BCUT2D eigenvalue weighted by molar-refractivity contribution is 5.82. The van der Waals surface area contributed by atoms with Crippen molar-refractivity contribution in [3.05, 3.63) is 11.6 Å². The lowest BCUT2D eigenvalue weighted by molar-refractivity contribution is -0.136. The predicted octanol–water partition coefficient (Wildman–Crippen LogP) is 1.94. The molecule has 0 aromatic rings. The van der Waals surface area contributed by atoms with Gasteiger partial charge in [0.2, 0.25) is 0 Å². The lowest BCUT2D eigenvalue weighted by atomic mass is 9.95. The third-order valence-electron chi connectivity index (χ3n) is 2.10. The summed E-state index contributed by atoms with van der Waals surface area (Å²) in [6.07, 6.45) is 7.12. The van der Waals surface area contributed by atoms with Gasteiger partial charge in [0.25, 0.3) is 0 Å². The van der Waals surface area contributed by atoms with Crippen LogP contribution >= 0.6 is 0 Å². The maximum atomic E-state index is 11.0. The Labute approximate surface area is 78.0 Å². The Morgan fingerprint density at radius 2 is 2.15 bits per heavy atom. The van der Waals surface area contributed by atoms with Crippen LogP contribution in [0.4, 0.5) is 0 Å². The molecule has 0 radical (unpaired) electrons. The van der Waals surface area contributed by atoms with Crippen LogP contribution in [0.25, 0.3) is 0 Å². The summed E-state index contributed by atoms with van der Waals surface area (Å²) >= 11 is 0. The molecule has 0 spiro atoms. The predicted molar refractivity (Wildman–Crippen MR) is 47.7 cm³/mol. The van der Waals surface area contributed by atoms with Crippen LogP contribution in [0.1, 0.15) is 32.1 Å². The number of carbonyl (C=O) groups excluding carboxylic acids is 1. The number of ether oxygens (including phenoxy) is 1. The Bertz CT molecular complexity index is 242. The van der Waals surface area contributed by atoms with E-state index < -0.39 is 0 Å². The van der Waals surface area contributed by atoms with Crippen LogP contribution in [0, 0.1) is 11.3 Å². The lowest BCUT2D eigenvalue weighted by Gasteiger charge is -2.12. The number of esters is 1. The van der Waals surface area contributed by atoms with E-state index in [4.69, 9.17) is 5.26 Å². The summed E-state index contributed by atoms with van der Waals surface area (Å²) in [5.74, 6) is -0.376. The number of hydrogen-bond acceptors (Lipinski definition) is 3. The van der Waals surface area contributed by atoms with Gasteiger partial charge in [-0.3, -0.25) is 0 Å². The summed E-state index contributed by atoms with van der Waals surface area (Å²) in [5, 5.41) is 8.17. The van der Waals surface area contributed by atoms with Gasteiger partial charge >= 0.3 is 5.97 Å². The molecule has 3 heteroatoms. The highest BCUT2D eigenvalue weighted by Gasteiger charge is 2.07. The van der Waals surface area contributed by atoms with E-state index in [1.807, 2.05) is 0 Å². The average molecular weight is 179 g/mol. The van der Waals surface area contributed by atoms with Crippen LogP contribution in [0.5, 0.6) is 0 Å². The molecule has 0 N–H and O–H groups in total. The van der Waals surface area contributed by atoms with E-state index >= 15 is 0 Å². The zero-order valence-corrected chi connectivity index (χ0v) is 7.58. The molecule has 1 fully saturated rings. The van der Waals surface area contributed by atoms with Crippen LogP contribution in [0.3, 0.4) is 0 Å². The molecule has 0 atom stereocenters. The molecule has 0 aliphatic heterocycles. The van der Waals surface area contributed by atoms with Gasteiger partial charge in [-0.2, -0.15) is 5.26 Å². The second kappa shape index (κ2) is 5.36. The smallest absolute Gasteiger partial charge is 0.331 e. The SMILES string of the molecule is N#CCOC(=O)C=C1CCCCC1. The molecule has 13 heavy (non-hydrogen) atoms. The second-order valence-electron chi connectivity index (χ2n) is 3.13. The van der Waals surface area contributed by atoms with E-state index in [2.05, 4.69) is 4.74 Å². The first-order valence-electron chi connectivity index (χ1n) is 4.56. The van der Waals surface area contributed by atoms with E-state index in [1.54, 1.807) is 6.07 Å². The highest BCUT2D eigenvalue weighted by Crippen LogP contribution is 2.22. The van der Waals surface area contributed by atoms with Crippen molar-refractivity contribution < 1.29 is 9.53 Å². The quantitative estimate of drug-likeness (QED) is 0.481. The standard InChI is InChI=1S/C10H13NO2/c11-6-7-13-10(12)8-9-4-2-1-3-5-9/h8H,1-5,7H2. The van der Waals surface area contributed by atoms with Crippen LogP contribution < -0.4 is 0 Å². The van der Waals surface area contributed by atoms with Gasteiger partial charge in [-0.05, 0) is 25.7 Å². The van der Waals surface area contributed by atoms with Crippen molar-refractivity contribution >= 4 is 5.97 Å². The third-order valence-corrected chi connectivity index (χ3v) is 2.10. The second-order valence-corrected chi connectivity index (χ2v) is 3.13. The monoisotopic (exact) mass is 179 g/mol. The van der Waals surface area contributed by atoms with Crippen LogP contribution in [-0.2, 0) is 9.53 Å². The average Bonchev–Trinajstić information content (AvgIpc) is 2.16. The van der Waals surface area contributed by atoms with Crippen LogP contribution in [0.2, 0.25) is 0 Å². The van der Waals surface area contributed by atoms with Gasteiger partial charge in [0.15, 0.2) is 6.61 Å². The first kappa shape index (κ1) is 9.79. The molecule has 1 saturated carbocycles. The minimum Gasteiger partial charge on any atom is -0.447 e. The van der Waals surface area contributed by atoms with E-state index in [-0.39, 0.29) is 12.6 Å². The minimum absolute atomic E-state index is 0.150. The molecule has 1 rings (SSSR count). The Balaban J connectivity index is 2.35. The topological polar surface area (TPSA) is 50.1 Å². The number of rotatable bonds is 2. The molecule has 1 aliphatic rings. The van der Waals surface area contributed by atoms with Crippen molar-refractivity contribution in [3.63, 3.8) is 0 Å². The summed E-state index contributed by atoms with van der Waals surface area (Å²) in [4.78, 5) is 11.0. The fourth-order valence-electron chi connectivity index (χ4n) is 1.46. The normalized spacial score (nSPS) is 16.1. The Morgan fingerprint density at radius 1 is 1.46 bits per heavy atom. The van der Waals surface area contributed by atoms with E-state index in [9.17, 15) is 4.79 Å².